The summed E-state index contributed by atoms with van der Waals surface area (Å²) < 4.78 is 39.4. The van der Waals surface area contributed by atoms with Crippen LogP contribution in [0.2, 0.25) is 0 Å². The fourth-order valence-electron chi connectivity index (χ4n) is 3.22. The van der Waals surface area contributed by atoms with Crippen LogP contribution in [0, 0.1) is 5.92 Å². The molecular formula is C20H25F3N2O4. The average molecular weight is 414 g/mol. The summed E-state index contributed by atoms with van der Waals surface area (Å²) in [4.78, 5) is 21.4. The lowest BCUT2D eigenvalue weighted by Crippen LogP contribution is -2.38. The van der Waals surface area contributed by atoms with Gasteiger partial charge < -0.3 is 15.5 Å². The van der Waals surface area contributed by atoms with Crippen molar-refractivity contribution in [2.75, 3.05) is 19.6 Å². The summed E-state index contributed by atoms with van der Waals surface area (Å²) >= 11 is 0. The molecule has 1 aromatic carbocycles. The van der Waals surface area contributed by atoms with Crippen LogP contribution < -0.4 is 5.32 Å². The summed E-state index contributed by atoms with van der Waals surface area (Å²) in [6.45, 7) is 3.19. The molecule has 0 unspecified atom stereocenters. The number of rotatable bonds is 7. The SMILES string of the molecule is FC(F)(F)c1ccccc1CN(CC1CC1)[C@H]1CCNC1.O=C(O)/C=C/C(=O)O. The minimum atomic E-state index is -4.27. The summed E-state index contributed by atoms with van der Waals surface area (Å²) in [6, 6.07) is 6.34. The van der Waals surface area contributed by atoms with E-state index < -0.39 is 23.7 Å². The van der Waals surface area contributed by atoms with Gasteiger partial charge in [-0.15, -0.1) is 0 Å². The zero-order valence-electron chi connectivity index (χ0n) is 15.9. The number of carbonyl (C=O) groups is 2. The number of hydrogen-bond donors (Lipinski definition) is 3. The number of carboxylic acids is 2. The molecule has 1 saturated heterocycles. The lowest BCUT2D eigenvalue weighted by Gasteiger charge is -2.29. The van der Waals surface area contributed by atoms with Crippen molar-refractivity contribution in [1.29, 1.82) is 0 Å². The molecule has 160 valence electrons. The van der Waals surface area contributed by atoms with E-state index in [2.05, 4.69) is 10.2 Å². The predicted molar refractivity (Wildman–Crippen MR) is 100 cm³/mol. The first kappa shape index (κ1) is 22.9. The van der Waals surface area contributed by atoms with E-state index >= 15 is 0 Å². The Morgan fingerprint density at radius 3 is 2.21 bits per heavy atom. The molecular weight excluding hydrogens is 389 g/mol. The minimum Gasteiger partial charge on any atom is -0.478 e. The number of aliphatic carboxylic acids is 2. The Hall–Kier alpha value is -2.39. The van der Waals surface area contributed by atoms with Crippen molar-refractivity contribution < 1.29 is 33.0 Å². The number of nitrogens with zero attached hydrogens (tertiary/aromatic N) is 1. The molecule has 0 spiro atoms. The first-order valence-corrected chi connectivity index (χ1v) is 9.40. The van der Waals surface area contributed by atoms with Crippen LogP contribution in [0.25, 0.3) is 0 Å². The first-order chi connectivity index (χ1) is 13.7. The van der Waals surface area contributed by atoms with Crippen LogP contribution in [-0.2, 0) is 22.3 Å². The van der Waals surface area contributed by atoms with E-state index in [0.29, 0.717) is 36.2 Å². The average Bonchev–Trinajstić information content (AvgIpc) is 3.29. The number of halogens is 3. The molecule has 1 atom stereocenters. The lowest BCUT2D eigenvalue weighted by molar-refractivity contribution is -0.138. The maximum atomic E-state index is 13.1. The van der Waals surface area contributed by atoms with Gasteiger partial charge in [-0.05, 0) is 43.4 Å². The third-order valence-corrected chi connectivity index (χ3v) is 4.81. The molecule has 3 rings (SSSR count). The van der Waals surface area contributed by atoms with E-state index in [1.165, 1.54) is 25.0 Å². The van der Waals surface area contributed by atoms with Gasteiger partial charge in [-0.2, -0.15) is 13.2 Å². The van der Waals surface area contributed by atoms with E-state index in [0.717, 1.165) is 26.1 Å². The van der Waals surface area contributed by atoms with E-state index in [4.69, 9.17) is 10.2 Å². The zero-order valence-corrected chi connectivity index (χ0v) is 15.9. The number of carboxylic acid groups (broad SMARTS) is 2. The van der Waals surface area contributed by atoms with Crippen LogP contribution in [0.1, 0.15) is 30.4 Å². The highest BCUT2D eigenvalue weighted by atomic mass is 19.4. The number of hydrogen-bond acceptors (Lipinski definition) is 4. The van der Waals surface area contributed by atoms with Gasteiger partial charge in [0.15, 0.2) is 0 Å². The molecule has 2 fully saturated rings. The summed E-state index contributed by atoms with van der Waals surface area (Å²) in [5.74, 6) is -1.83. The second-order valence-corrected chi connectivity index (χ2v) is 7.18. The van der Waals surface area contributed by atoms with E-state index in [1.807, 2.05) is 0 Å². The van der Waals surface area contributed by atoms with Gasteiger partial charge in [0.2, 0.25) is 0 Å². The third kappa shape index (κ3) is 8.25. The molecule has 0 radical (unpaired) electrons. The van der Waals surface area contributed by atoms with Crippen LogP contribution in [-0.4, -0.2) is 52.7 Å². The Morgan fingerprint density at radius 2 is 1.72 bits per heavy atom. The Morgan fingerprint density at radius 1 is 1.10 bits per heavy atom. The Kier molecular flexibility index (Phi) is 8.21. The summed E-state index contributed by atoms with van der Waals surface area (Å²) in [6.07, 6.45) is 0.316. The second-order valence-electron chi connectivity index (χ2n) is 7.18. The number of benzene rings is 1. The fourth-order valence-corrected chi connectivity index (χ4v) is 3.22. The first-order valence-electron chi connectivity index (χ1n) is 9.40. The van der Waals surface area contributed by atoms with Crippen molar-refractivity contribution in [1.82, 2.24) is 10.2 Å². The van der Waals surface area contributed by atoms with Crippen LogP contribution in [0.15, 0.2) is 36.4 Å². The molecule has 1 saturated carbocycles. The van der Waals surface area contributed by atoms with Crippen molar-refractivity contribution in [2.24, 2.45) is 5.92 Å². The molecule has 0 aromatic heterocycles. The normalized spacial score (nSPS) is 19.2. The van der Waals surface area contributed by atoms with Crippen molar-refractivity contribution in [2.45, 2.75) is 38.0 Å². The maximum absolute atomic E-state index is 13.1. The largest absolute Gasteiger partial charge is 0.478 e. The van der Waals surface area contributed by atoms with E-state index in [-0.39, 0.29) is 0 Å². The van der Waals surface area contributed by atoms with Crippen LogP contribution >= 0.6 is 0 Å². The summed E-state index contributed by atoms with van der Waals surface area (Å²) in [5.41, 5.74) is -0.0886. The quantitative estimate of drug-likeness (QED) is 0.595. The van der Waals surface area contributed by atoms with Crippen LogP contribution in [0.5, 0.6) is 0 Å². The molecule has 29 heavy (non-hydrogen) atoms. The smallest absolute Gasteiger partial charge is 0.416 e. The van der Waals surface area contributed by atoms with Gasteiger partial charge in [-0.3, -0.25) is 4.90 Å². The van der Waals surface area contributed by atoms with Crippen molar-refractivity contribution in [3.8, 4) is 0 Å². The lowest BCUT2D eigenvalue weighted by atomic mass is 10.0. The third-order valence-electron chi connectivity index (χ3n) is 4.81. The molecule has 1 aliphatic heterocycles. The summed E-state index contributed by atoms with van der Waals surface area (Å²) in [5, 5.41) is 18.9. The highest BCUT2D eigenvalue weighted by molar-refractivity contribution is 5.89. The number of alkyl halides is 3. The zero-order chi connectivity index (χ0) is 21.4. The maximum Gasteiger partial charge on any atom is 0.416 e. The van der Waals surface area contributed by atoms with E-state index in [1.54, 1.807) is 12.1 Å². The Bertz CT molecular complexity index is 711. The monoisotopic (exact) mass is 414 g/mol. The fraction of sp³-hybridized carbons (Fsp3) is 0.500. The van der Waals surface area contributed by atoms with Gasteiger partial charge in [0.1, 0.15) is 0 Å². The predicted octanol–water partition coefficient (Wildman–Crippen LogP) is 2.99. The Balaban J connectivity index is 0.000000321. The van der Waals surface area contributed by atoms with Crippen molar-refractivity contribution in [3.63, 3.8) is 0 Å². The molecule has 0 bridgehead atoms. The highest BCUT2D eigenvalue weighted by Crippen LogP contribution is 2.35. The van der Waals surface area contributed by atoms with Crippen molar-refractivity contribution >= 4 is 11.9 Å². The van der Waals surface area contributed by atoms with Crippen LogP contribution in [0.4, 0.5) is 13.2 Å². The van der Waals surface area contributed by atoms with Gasteiger partial charge >= 0.3 is 18.1 Å². The standard InChI is InChI=1S/C16H21F3N2.C4H4O4/c17-16(18,19)15-4-2-1-3-13(15)11-21(10-12-5-6-12)14-7-8-20-9-14;5-3(6)1-2-4(7)8/h1-4,12,14,20H,5-11H2;1-2H,(H,5,6)(H,7,8)/b;2-1+/t14-;/m0./s1. The molecule has 2 aliphatic rings. The number of nitrogens with one attached hydrogen (secondary N) is 1. The highest BCUT2D eigenvalue weighted by Gasteiger charge is 2.35. The van der Waals surface area contributed by atoms with Gasteiger partial charge in [-0.25, -0.2) is 9.59 Å². The Labute approximate surface area is 167 Å². The molecule has 1 aliphatic carbocycles. The van der Waals surface area contributed by atoms with Gasteiger partial charge in [0.05, 0.1) is 5.56 Å². The molecule has 6 nitrogen and oxygen atoms in total. The van der Waals surface area contributed by atoms with Gasteiger partial charge in [0.25, 0.3) is 0 Å². The molecule has 0 amide bonds. The van der Waals surface area contributed by atoms with Crippen molar-refractivity contribution in [3.05, 3.63) is 47.5 Å². The molecule has 1 aromatic rings. The second kappa shape index (κ2) is 10.4. The molecule has 3 N–H and O–H groups in total. The van der Waals surface area contributed by atoms with Gasteiger partial charge in [-0.1, -0.05) is 18.2 Å². The molecule has 9 heteroatoms. The minimum absolute atomic E-state index is 0.367. The topological polar surface area (TPSA) is 89.9 Å². The van der Waals surface area contributed by atoms with Crippen LogP contribution in [0.3, 0.4) is 0 Å². The van der Waals surface area contributed by atoms with Gasteiger partial charge in [0, 0.05) is 37.8 Å². The van der Waals surface area contributed by atoms with E-state index in [9.17, 15) is 22.8 Å². The summed E-state index contributed by atoms with van der Waals surface area (Å²) in [7, 11) is 0. The molecule has 1 heterocycles.